The van der Waals surface area contributed by atoms with Crippen LogP contribution in [0, 0.1) is 5.82 Å². The lowest BCUT2D eigenvalue weighted by atomic mass is 10.1. The van der Waals surface area contributed by atoms with E-state index in [2.05, 4.69) is 16.5 Å². The fourth-order valence-corrected chi connectivity index (χ4v) is 2.77. The first-order chi connectivity index (χ1) is 10.8. The molecular weight excluding hydrogens is 315 g/mol. The maximum absolute atomic E-state index is 13.8. The van der Waals surface area contributed by atoms with Crippen LogP contribution < -0.4 is 4.72 Å². The van der Waals surface area contributed by atoms with Crippen molar-refractivity contribution in [2.75, 3.05) is 0 Å². The molecule has 0 unspecified atom stereocenters. The highest BCUT2D eigenvalue weighted by Crippen LogP contribution is 2.27. The smallest absolute Gasteiger partial charge is 0.170 e. The first-order valence-corrected chi connectivity index (χ1v) is 8.48. The summed E-state index contributed by atoms with van der Waals surface area (Å²) in [6, 6.07) is 7.70. The zero-order valence-corrected chi connectivity index (χ0v) is 14.3. The Hall–Kier alpha value is -1.79. The van der Waals surface area contributed by atoms with Gasteiger partial charge in [-0.05, 0) is 39.3 Å². The zero-order chi connectivity index (χ0) is 17.0. The van der Waals surface area contributed by atoms with Crippen LogP contribution in [0.4, 0.5) is 4.39 Å². The molecule has 0 saturated heterocycles. The largest absolute Gasteiger partial charge is 0.356 e. The number of rotatable bonds is 6. The molecule has 1 aromatic carbocycles. The number of hydrogen-bond acceptors (Lipinski definition) is 3. The summed E-state index contributed by atoms with van der Waals surface area (Å²) in [5.74, 6) is -0.0304. The minimum Gasteiger partial charge on any atom is -0.356 e. The summed E-state index contributed by atoms with van der Waals surface area (Å²) >= 11 is 0. The second-order valence-corrected chi connectivity index (χ2v) is 8.17. The number of hydrogen-bond donors (Lipinski definition) is 1. The molecule has 0 saturated carbocycles. The highest BCUT2D eigenvalue weighted by Gasteiger charge is 2.25. The molecule has 0 spiro atoms. The van der Waals surface area contributed by atoms with Crippen molar-refractivity contribution < 1.29 is 13.1 Å². The van der Waals surface area contributed by atoms with Crippen molar-refractivity contribution in [3.63, 3.8) is 0 Å². The van der Waals surface area contributed by atoms with Crippen LogP contribution in [0.25, 0.3) is 11.3 Å². The second-order valence-electron chi connectivity index (χ2n) is 6.17. The van der Waals surface area contributed by atoms with Crippen molar-refractivity contribution in [3.8, 4) is 11.3 Å². The van der Waals surface area contributed by atoms with Crippen LogP contribution in [0.3, 0.4) is 0 Å². The van der Waals surface area contributed by atoms with Crippen LogP contribution in [0.5, 0.6) is 0 Å². The van der Waals surface area contributed by atoms with Crippen molar-refractivity contribution in [3.05, 3.63) is 54.5 Å². The van der Waals surface area contributed by atoms with Crippen molar-refractivity contribution in [1.82, 2.24) is 9.88 Å². The fraction of sp³-hybridized carbons (Fsp3) is 0.353. The lowest BCUT2D eigenvalue weighted by molar-refractivity contribution is 0.411. The Morgan fingerprint density at radius 1 is 1.43 bits per heavy atom. The number of aromatic nitrogens is 1. The Morgan fingerprint density at radius 2 is 2.13 bits per heavy atom. The quantitative estimate of drug-likeness (QED) is 0.806. The molecule has 0 aliphatic heterocycles. The van der Waals surface area contributed by atoms with Gasteiger partial charge < -0.3 is 4.52 Å². The Labute approximate surface area is 138 Å². The van der Waals surface area contributed by atoms with Crippen LogP contribution in [0.15, 0.2) is 47.5 Å². The molecule has 124 valence electrons. The first kappa shape index (κ1) is 17.6. The van der Waals surface area contributed by atoms with Gasteiger partial charge in [-0.1, -0.05) is 23.4 Å². The van der Waals surface area contributed by atoms with E-state index in [9.17, 15) is 8.60 Å². The molecule has 0 aliphatic carbocycles. The maximum Gasteiger partial charge on any atom is 0.170 e. The lowest BCUT2D eigenvalue weighted by Gasteiger charge is -2.22. The van der Waals surface area contributed by atoms with Gasteiger partial charge in [0.2, 0.25) is 0 Å². The van der Waals surface area contributed by atoms with E-state index < -0.39 is 15.7 Å². The molecule has 4 nitrogen and oxygen atoms in total. The van der Waals surface area contributed by atoms with Gasteiger partial charge in [-0.15, -0.1) is 6.58 Å². The highest BCUT2D eigenvalue weighted by molar-refractivity contribution is 7.84. The average Bonchev–Trinajstić information content (AvgIpc) is 2.95. The van der Waals surface area contributed by atoms with Gasteiger partial charge in [0.25, 0.3) is 0 Å². The SMILES string of the molecule is C=CC[C@H](N[S@@](=O)C(C)(C)C)c1cc(-c2ccccc2F)on1. The van der Waals surface area contributed by atoms with Crippen LogP contribution in [0.2, 0.25) is 0 Å². The summed E-state index contributed by atoms with van der Waals surface area (Å²) in [5, 5.41) is 4.00. The van der Waals surface area contributed by atoms with Gasteiger partial charge in [0.1, 0.15) is 11.5 Å². The van der Waals surface area contributed by atoms with Crippen LogP contribution in [-0.4, -0.2) is 14.1 Å². The molecule has 0 bridgehead atoms. The predicted molar refractivity (Wildman–Crippen MR) is 90.5 cm³/mol. The molecule has 6 heteroatoms. The van der Waals surface area contributed by atoms with Crippen LogP contribution >= 0.6 is 0 Å². The van der Waals surface area contributed by atoms with Crippen LogP contribution in [-0.2, 0) is 11.0 Å². The van der Waals surface area contributed by atoms with E-state index in [4.69, 9.17) is 4.52 Å². The minimum atomic E-state index is -1.26. The summed E-state index contributed by atoms with van der Waals surface area (Å²) in [4.78, 5) is 0. The Balaban J connectivity index is 2.26. The van der Waals surface area contributed by atoms with Gasteiger partial charge in [-0.2, -0.15) is 0 Å². The van der Waals surface area contributed by atoms with Crippen molar-refractivity contribution in [2.45, 2.75) is 38.0 Å². The molecular formula is C17H21FN2O2S. The van der Waals surface area contributed by atoms with E-state index in [0.29, 0.717) is 23.4 Å². The molecule has 2 atom stereocenters. The predicted octanol–water partition coefficient (Wildman–Crippen LogP) is 4.15. The summed E-state index contributed by atoms with van der Waals surface area (Å²) in [7, 11) is -1.26. The van der Waals surface area contributed by atoms with Gasteiger partial charge in [-0.3, -0.25) is 0 Å². The molecule has 1 N–H and O–H groups in total. The van der Waals surface area contributed by atoms with Gasteiger partial charge in [-0.25, -0.2) is 13.3 Å². The lowest BCUT2D eigenvalue weighted by Crippen LogP contribution is -2.35. The third kappa shape index (κ3) is 4.36. The van der Waals surface area contributed by atoms with E-state index in [-0.39, 0.29) is 11.9 Å². The van der Waals surface area contributed by atoms with Crippen LogP contribution in [0.1, 0.15) is 38.9 Å². The molecule has 2 rings (SSSR count). The first-order valence-electron chi connectivity index (χ1n) is 7.33. The van der Waals surface area contributed by atoms with Gasteiger partial charge in [0.05, 0.1) is 27.3 Å². The van der Waals surface area contributed by atoms with Crippen molar-refractivity contribution in [1.29, 1.82) is 0 Å². The normalized spacial score (nSPS) is 14.4. The van der Waals surface area contributed by atoms with Gasteiger partial charge in [0.15, 0.2) is 5.76 Å². The molecule has 23 heavy (non-hydrogen) atoms. The topological polar surface area (TPSA) is 55.1 Å². The molecule has 0 amide bonds. The third-order valence-electron chi connectivity index (χ3n) is 3.23. The summed E-state index contributed by atoms with van der Waals surface area (Å²) in [6.07, 6.45) is 2.25. The molecule has 1 aromatic heterocycles. The van der Waals surface area contributed by atoms with E-state index in [1.54, 1.807) is 30.3 Å². The maximum atomic E-state index is 13.8. The number of nitrogens with zero attached hydrogens (tertiary/aromatic N) is 1. The summed E-state index contributed by atoms with van der Waals surface area (Å²) in [6.45, 7) is 9.37. The van der Waals surface area contributed by atoms with Gasteiger partial charge in [0, 0.05) is 6.07 Å². The van der Waals surface area contributed by atoms with E-state index >= 15 is 0 Å². The third-order valence-corrected chi connectivity index (χ3v) is 4.84. The minimum absolute atomic E-state index is 0.308. The van der Waals surface area contributed by atoms with E-state index in [0.717, 1.165) is 0 Å². The molecule has 0 aliphatic rings. The highest BCUT2D eigenvalue weighted by atomic mass is 32.2. The average molecular weight is 336 g/mol. The number of nitrogens with one attached hydrogen (secondary N) is 1. The fourth-order valence-electron chi connectivity index (χ4n) is 1.94. The number of benzene rings is 1. The second kappa shape index (κ2) is 7.19. The molecule has 1 heterocycles. The molecule has 0 fully saturated rings. The summed E-state index contributed by atoms with van der Waals surface area (Å²) in [5.41, 5.74) is 0.918. The number of halogens is 1. The van der Waals surface area contributed by atoms with Crippen molar-refractivity contribution >= 4 is 11.0 Å². The standard InChI is InChI=1S/C17H21FN2O2S/c1-5-8-14(20-23(21)17(2,3)4)15-11-16(22-19-15)12-9-6-7-10-13(12)18/h5-7,9-11,14,20H,1,8H2,2-4H3/t14-,23-/m0/s1. The van der Waals surface area contributed by atoms with Gasteiger partial charge >= 0.3 is 0 Å². The summed E-state index contributed by atoms with van der Waals surface area (Å²) < 4.78 is 34.0. The molecule has 2 aromatic rings. The zero-order valence-electron chi connectivity index (χ0n) is 13.5. The van der Waals surface area contributed by atoms with E-state index in [1.807, 2.05) is 20.8 Å². The monoisotopic (exact) mass is 336 g/mol. The molecule has 0 radical (unpaired) electrons. The van der Waals surface area contributed by atoms with E-state index in [1.165, 1.54) is 6.07 Å². The van der Waals surface area contributed by atoms with Crippen molar-refractivity contribution in [2.24, 2.45) is 0 Å². The Morgan fingerprint density at radius 3 is 2.74 bits per heavy atom. The Bertz CT molecular complexity index is 707. The Kier molecular flexibility index (Phi) is 5.49.